The van der Waals surface area contributed by atoms with E-state index in [0.717, 1.165) is 12.8 Å². The van der Waals surface area contributed by atoms with Crippen LogP contribution < -0.4 is 5.32 Å². The number of fused-ring (bicyclic) bond motifs is 1. The van der Waals surface area contributed by atoms with Crippen molar-refractivity contribution >= 4 is 5.78 Å². The molecule has 0 aromatic heterocycles. The van der Waals surface area contributed by atoms with E-state index in [9.17, 15) is 4.79 Å². The van der Waals surface area contributed by atoms with E-state index in [4.69, 9.17) is 0 Å². The second-order valence-corrected chi connectivity index (χ2v) is 4.24. The average molecular weight is 167 g/mol. The Balaban J connectivity index is 2.06. The maximum atomic E-state index is 11.6. The van der Waals surface area contributed by atoms with Crippen molar-refractivity contribution < 1.29 is 4.79 Å². The first-order valence-electron chi connectivity index (χ1n) is 5.06. The first kappa shape index (κ1) is 8.24. The molecule has 2 heteroatoms. The number of carbonyl (C=O) groups is 1. The lowest BCUT2D eigenvalue weighted by atomic mass is 9.77. The summed E-state index contributed by atoms with van der Waals surface area (Å²) < 4.78 is 0. The highest BCUT2D eigenvalue weighted by molar-refractivity contribution is 5.83. The fraction of sp³-hybridized carbons (Fsp3) is 0.900. The predicted molar refractivity (Wildman–Crippen MR) is 48.0 cm³/mol. The second-order valence-electron chi connectivity index (χ2n) is 4.24. The number of carbonyl (C=O) groups excluding carboxylic acids is 1. The van der Waals surface area contributed by atoms with E-state index in [1.54, 1.807) is 0 Å². The Hall–Kier alpha value is -0.370. The van der Waals surface area contributed by atoms with Crippen LogP contribution in [-0.4, -0.2) is 17.9 Å². The van der Waals surface area contributed by atoms with Crippen LogP contribution in [0, 0.1) is 5.92 Å². The van der Waals surface area contributed by atoms with Gasteiger partial charge in [0.05, 0.1) is 0 Å². The predicted octanol–water partition coefficient (Wildman–Crippen LogP) is 1.50. The van der Waals surface area contributed by atoms with E-state index >= 15 is 0 Å². The molecule has 0 unspecified atom stereocenters. The van der Waals surface area contributed by atoms with Crippen molar-refractivity contribution in [1.82, 2.24) is 5.32 Å². The molecular weight excluding hydrogens is 150 g/mol. The molecule has 0 spiro atoms. The van der Waals surface area contributed by atoms with E-state index in [1.165, 1.54) is 19.3 Å². The zero-order chi connectivity index (χ0) is 8.55. The number of ketones is 1. The molecule has 0 aromatic rings. The summed E-state index contributed by atoms with van der Waals surface area (Å²) in [4.78, 5) is 11.6. The van der Waals surface area contributed by atoms with Crippen LogP contribution in [0.3, 0.4) is 0 Å². The summed E-state index contributed by atoms with van der Waals surface area (Å²) >= 11 is 0. The summed E-state index contributed by atoms with van der Waals surface area (Å²) in [6.45, 7) is 2.11. The minimum absolute atomic E-state index is 0.356. The topological polar surface area (TPSA) is 29.1 Å². The minimum atomic E-state index is 0.356. The molecule has 2 nitrogen and oxygen atoms in total. The minimum Gasteiger partial charge on any atom is -0.310 e. The van der Waals surface area contributed by atoms with E-state index in [-0.39, 0.29) is 0 Å². The molecule has 1 saturated carbocycles. The van der Waals surface area contributed by atoms with Crippen LogP contribution in [0.15, 0.2) is 0 Å². The van der Waals surface area contributed by atoms with Crippen molar-refractivity contribution in [3.63, 3.8) is 0 Å². The molecule has 2 aliphatic rings. The van der Waals surface area contributed by atoms with Gasteiger partial charge in [-0.1, -0.05) is 12.8 Å². The van der Waals surface area contributed by atoms with Gasteiger partial charge in [0.1, 0.15) is 5.78 Å². The van der Waals surface area contributed by atoms with Crippen LogP contribution in [0.25, 0.3) is 0 Å². The summed E-state index contributed by atoms with van der Waals surface area (Å²) in [7, 11) is 0. The number of piperidine rings is 1. The highest BCUT2D eigenvalue weighted by Crippen LogP contribution is 2.29. The smallest absolute Gasteiger partial charge is 0.139 e. The van der Waals surface area contributed by atoms with Crippen molar-refractivity contribution in [1.29, 1.82) is 0 Å². The van der Waals surface area contributed by atoms with Crippen molar-refractivity contribution in [2.45, 2.75) is 51.1 Å². The van der Waals surface area contributed by atoms with Crippen molar-refractivity contribution in [3.8, 4) is 0 Å². The lowest BCUT2D eigenvalue weighted by Gasteiger charge is -2.38. The van der Waals surface area contributed by atoms with Crippen molar-refractivity contribution in [2.75, 3.05) is 0 Å². The normalized spacial score (nSPS) is 42.4. The van der Waals surface area contributed by atoms with Crippen LogP contribution >= 0.6 is 0 Å². The third-order valence-corrected chi connectivity index (χ3v) is 3.19. The molecule has 2 rings (SSSR count). The molecule has 0 amide bonds. The largest absolute Gasteiger partial charge is 0.310 e. The van der Waals surface area contributed by atoms with Gasteiger partial charge in [-0.25, -0.2) is 0 Å². The van der Waals surface area contributed by atoms with Gasteiger partial charge in [0.25, 0.3) is 0 Å². The third kappa shape index (κ3) is 1.40. The zero-order valence-corrected chi connectivity index (χ0v) is 7.68. The quantitative estimate of drug-likeness (QED) is 0.592. The van der Waals surface area contributed by atoms with Crippen molar-refractivity contribution in [2.24, 2.45) is 5.92 Å². The fourth-order valence-electron chi connectivity index (χ4n) is 2.59. The number of nitrogens with one attached hydrogen (secondary N) is 1. The Morgan fingerprint density at radius 3 is 2.92 bits per heavy atom. The van der Waals surface area contributed by atoms with Crippen LogP contribution in [0.2, 0.25) is 0 Å². The molecule has 0 aromatic carbocycles. The SMILES string of the molecule is C[C@H]1CC(=O)[C@H]2CCCC[C@H]2N1. The van der Waals surface area contributed by atoms with Crippen molar-refractivity contribution in [3.05, 3.63) is 0 Å². The van der Waals surface area contributed by atoms with Crippen LogP contribution in [0.4, 0.5) is 0 Å². The number of hydrogen-bond acceptors (Lipinski definition) is 2. The first-order valence-corrected chi connectivity index (χ1v) is 5.06. The van der Waals surface area contributed by atoms with Gasteiger partial charge in [-0.15, -0.1) is 0 Å². The Morgan fingerprint density at radius 1 is 1.33 bits per heavy atom. The molecule has 1 aliphatic carbocycles. The Labute approximate surface area is 73.7 Å². The monoisotopic (exact) mass is 167 g/mol. The summed E-state index contributed by atoms with van der Waals surface area (Å²) in [5.41, 5.74) is 0. The molecule has 1 saturated heterocycles. The van der Waals surface area contributed by atoms with Gasteiger partial charge in [0, 0.05) is 24.4 Å². The molecule has 3 atom stereocenters. The van der Waals surface area contributed by atoms with Gasteiger partial charge in [-0.2, -0.15) is 0 Å². The fourth-order valence-corrected chi connectivity index (χ4v) is 2.59. The molecule has 2 fully saturated rings. The maximum absolute atomic E-state index is 11.6. The lowest BCUT2D eigenvalue weighted by Crippen LogP contribution is -2.52. The highest BCUT2D eigenvalue weighted by Gasteiger charge is 2.35. The molecule has 0 radical (unpaired) electrons. The van der Waals surface area contributed by atoms with E-state index in [1.807, 2.05) is 0 Å². The number of hydrogen-bond donors (Lipinski definition) is 1. The molecule has 1 N–H and O–H groups in total. The molecule has 0 bridgehead atoms. The van der Waals surface area contributed by atoms with E-state index in [2.05, 4.69) is 12.2 Å². The van der Waals surface area contributed by atoms with E-state index in [0.29, 0.717) is 23.8 Å². The highest BCUT2D eigenvalue weighted by atomic mass is 16.1. The van der Waals surface area contributed by atoms with E-state index < -0.39 is 0 Å². The summed E-state index contributed by atoms with van der Waals surface area (Å²) in [5, 5.41) is 3.53. The molecule has 68 valence electrons. The van der Waals surface area contributed by atoms with Crippen LogP contribution in [0.5, 0.6) is 0 Å². The number of rotatable bonds is 0. The van der Waals surface area contributed by atoms with Gasteiger partial charge in [0.2, 0.25) is 0 Å². The van der Waals surface area contributed by atoms with Gasteiger partial charge in [0.15, 0.2) is 0 Å². The summed E-state index contributed by atoms with van der Waals surface area (Å²) in [6, 6.07) is 0.923. The zero-order valence-electron chi connectivity index (χ0n) is 7.68. The second kappa shape index (κ2) is 3.17. The molecule has 12 heavy (non-hydrogen) atoms. The van der Waals surface area contributed by atoms with Gasteiger partial charge in [-0.3, -0.25) is 4.79 Å². The summed E-state index contributed by atoms with van der Waals surface area (Å²) in [6.07, 6.45) is 5.64. The van der Waals surface area contributed by atoms with Gasteiger partial charge in [-0.05, 0) is 19.8 Å². The molecule has 1 heterocycles. The standard InChI is InChI=1S/C10H17NO/c1-7-6-10(12)8-4-2-3-5-9(8)11-7/h7-9,11H,2-6H2,1H3/t7-,8-,9+/m0/s1. The first-order chi connectivity index (χ1) is 5.77. The van der Waals surface area contributed by atoms with Crippen LogP contribution in [-0.2, 0) is 4.79 Å². The molecular formula is C10H17NO. The van der Waals surface area contributed by atoms with Gasteiger partial charge < -0.3 is 5.32 Å². The Kier molecular flexibility index (Phi) is 2.18. The van der Waals surface area contributed by atoms with Crippen LogP contribution in [0.1, 0.15) is 39.0 Å². The Bertz CT molecular complexity index is 190. The van der Waals surface area contributed by atoms with Gasteiger partial charge >= 0.3 is 0 Å². The Morgan fingerprint density at radius 2 is 2.08 bits per heavy atom. The maximum Gasteiger partial charge on any atom is 0.139 e. The molecule has 1 aliphatic heterocycles. The lowest BCUT2D eigenvalue weighted by molar-refractivity contribution is -0.127. The third-order valence-electron chi connectivity index (χ3n) is 3.19. The summed E-state index contributed by atoms with van der Waals surface area (Å²) in [5.74, 6) is 0.862. The number of Topliss-reactive ketones (excluding diaryl/α,β-unsaturated/α-hetero) is 1. The average Bonchev–Trinajstić information content (AvgIpc) is 2.04.